The maximum atomic E-state index is 14.5. The Hall–Kier alpha value is -5.07. The molecule has 2 fully saturated rings. The number of hydrogen-bond donors (Lipinski definition) is 0. The molecule has 0 spiro atoms. The second-order valence-electron chi connectivity index (χ2n) is 15.1. The van der Waals surface area contributed by atoms with Gasteiger partial charge in [-0.25, -0.2) is 15.0 Å². The number of halogens is 3. The van der Waals surface area contributed by atoms with Gasteiger partial charge in [0.15, 0.2) is 11.6 Å². The third-order valence-electron chi connectivity index (χ3n) is 11.1. The van der Waals surface area contributed by atoms with Crippen molar-refractivity contribution in [3.8, 4) is 11.1 Å². The summed E-state index contributed by atoms with van der Waals surface area (Å²) >= 11 is 0. The Labute approximate surface area is 304 Å². The fourth-order valence-corrected chi connectivity index (χ4v) is 8.16. The molecule has 10 nitrogen and oxygen atoms in total. The van der Waals surface area contributed by atoms with Crippen molar-refractivity contribution in [1.29, 1.82) is 0 Å². The molecule has 4 atom stereocenters. The number of amides is 1. The van der Waals surface area contributed by atoms with Gasteiger partial charge in [-0.3, -0.25) is 23.9 Å². The summed E-state index contributed by atoms with van der Waals surface area (Å²) in [5.41, 5.74) is 1.94. The monoisotopic (exact) mass is 726 g/mol. The van der Waals surface area contributed by atoms with Crippen LogP contribution in [0.2, 0.25) is 0 Å². The Kier molecular flexibility index (Phi) is 9.40. The van der Waals surface area contributed by atoms with E-state index < -0.39 is 35.0 Å². The maximum absolute atomic E-state index is 14.5. The first-order valence-electron chi connectivity index (χ1n) is 18.0. The van der Waals surface area contributed by atoms with Crippen LogP contribution in [-0.2, 0) is 33.5 Å². The normalized spacial score (nSPS) is 24.2. The molecular formula is C40H41F3N6O4. The summed E-state index contributed by atoms with van der Waals surface area (Å²) in [6.45, 7) is 6.59. The molecular weight excluding hydrogens is 685 g/mol. The van der Waals surface area contributed by atoms with Crippen molar-refractivity contribution >= 4 is 40.2 Å². The molecule has 1 amide bonds. The van der Waals surface area contributed by atoms with Crippen LogP contribution in [0.15, 0.2) is 42.7 Å². The van der Waals surface area contributed by atoms with E-state index >= 15 is 0 Å². The lowest BCUT2D eigenvalue weighted by Gasteiger charge is -2.27. The SMILES string of the molecule is CC(=O)c1nn2c3c(cc(-c4cnc(C)nc4)cc13)/C=C/CC[C@@H](C)CC(=O)CC[C@@]13C[C@@H](C(=O)Cc4nc(C(F)(F)F)ccc4C)N(C(=O)C2)[C@@H]1C3. The number of carbonyl (C=O) groups excluding carboxylic acids is 4. The zero-order valence-electron chi connectivity index (χ0n) is 30.2. The van der Waals surface area contributed by atoms with E-state index in [9.17, 15) is 32.3 Å². The molecule has 276 valence electrons. The Bertz CT molecular complexity index is 2180. The second-order valence-corrected chi connectivity index (χ2v) is 15.1. The molecule has 3 aliphatic rings. The van der Waals surface area contributed by atoms with Gasteiger partial charge < -0.3 is 4.90 Å². The summed E-state index contributed by atoms with van der Waals surface area (Å²) < 4.78 is 42.2. The Morgan fingerprint density at radius 3 is 2.51 bits per heavy atom. The van der Waals surface area contributed by atoms with Crippen LogP contribution >= 0.6 is 0 Å². The molecule has 3 aromatic heterocycles. The van der Waals surface area contributed by atoms with E-state index in [1.54, 1.807) is 31.1 Å². The van der Waals surface area contributed by atoms with Crippen molar-refractivity contribution in [1.82, 2.24) is 29.6 Å². The number of hydrogen-bond acceptors (Lipinski definition) is 8. The van der Waals surface area contributed by atoms with Gasteiger partial charge in [0.2, 0.25) is 5.91 Å². The molecule has 4 aromatic rings. The number of pyridine rings is 1. The van der Waals surface area contributed by atoms with Crippen LogP contribution in [0.25, 0.3) is 28.1 Å². The zero-order chi connectivity index (χ0) is 37.8. The number of alkyl halides is 3. The molecule has 2 aliphatic heterocycles. The number of ketones is 3. The van der Waals surface area contributed by atoms with Crippen molar-refractivity contribution in [3.63, 3.8) is 0 Å². The Morgan fingerprint density at radius 1 is 1.04 bits per heavy atom. The number of aromatic nitrogens is 5. The summed E-state index contributed by atoms with van der Waals surface area (Å²) in [6.07, 6.45) is 6.04. The number of carbonyl (C=O) groups is 4. The smallest absolute Gasteiger partial charge is 0.327 e. The van der Waals surface area contributed by atoms with Crippen LogP contribution in [0, 0.1) is 25.2 Å². The van der Waals surface area contributed by atoms with E-state index in [-0.39, 0.29) is 47.9 Å². The molecule has 53 heavy (non-hydrogen) atoms. The van der Waals surface area contributed by atoms with Crippen molar-refractivity contribution in [2.75, 3.05) is 0 Å². The van der Waals surface area contributed by atoms with Crippen LogP contribution in [0.1, 0.15) is 97.6 Å². The van der Waals surface area contributed by atoms with Crippen LogP contribution in [0.5, 0.6) is 0 Å². The fraction of sp³-hybridized carbons (Fsp3) is 0.450. The molecule has 7 rings (SSSR count). The molecule has 5 heterocycles. The van der Waals surface area contributed by atoms with E-state index in [2.05, 4.69) is 27.0 Å². The van der Waals surface area contributed by atoms with Crippen molar-refractivity contribution in [2.24, 2.45) is 11.3 Å². The number of allylic oxidation sites excluding steroid dienone is 1. The highest BCUT2D eigenvalue weighted by molar-refractivity contribution is 6.08. The molecule has 1 saturated carbocycles. The molecule has 0 N–H and O–H groups in total. The van der Waals surface area contributed by atoms with Gasteiger partial charge in [-0.1, -0.05) is 25.1 Å². The minimum absolute atomic E-state index is 0.0147. The first-order valence-corrected chi connectivity index (χ1v) is 18.0. The van der Waals surface area contributed by atoms with Crippen LogP contribution < -0.4 is 0 Å². The summed E-state index contributed by atoms with van der Waals surface area (Å²) in [7, 11) is 0. The lowest BCUT2D eigenvalue weighted by molar-refractivity contribution is -0.141. The predicted octanol–water partition coefficient (Wildman–Crippen LogP) is 7.08. The van der Waals surface area contributed by atoms with Gasteiger partial charge in [-0.2, -0.15) is 18.3 Å². The van der Waals surface area contributed by atoms with Crippen LogP contribution in [-0.4, -0.2) is 65.0 Å². The molecule has 1 saturated heterocycles. The summed E-state index contributed by atoms with van der Waals surface area (Å²) in [4.78, 5) is 68.8. The van der Waals surface area contributed by atoms with Crippen LogP contribution in [0.3, 0.4) is 0 Å². The third-order valence-corrected chi connectivity index (χ3v) is 11.1. The van der Waals surface area contributed by atoms with E-state index in [1.165, 1.54) is 17.7 Å². The number of Topliss-reactive ketones (excluding diaryl/α,β-unsaturated/α-hetero) is 3. The van der Waals surface area contributed by atoms with Gasteiger partial charge in [0.25, 0.3) is 0 Å². The quantitative estimate of drug-likeness (QED) is 0.200. The largest absolute Gasteiger partial charge is 0.433 e. The zero-order valence-corrected chi connectivity index (χ0v) is 30.2. The molecule has 2 bridgehead atoms. The first-order chi connectivity index (χ1) is 25.1. The average Bonchev–Trinajstić information content (AvgIpc) is 3.51. The lowest BCUT2D eigenvalue weighted by Crippen LogP contribution is -2.45. The second kappa shape index (κ2) is 13.7. The standard InChI is InChI=1S/C40H41F3N6O4/c1-22-7-5-6-8-26-14-27(28-19-44-25(4)45-20-28)15-30-37(24(3)50)47-48(38(26)30)21-36(53)49-32(17-39(18-35(39)49)12-11-29(51)13-22)33(52)16-31-23(2)9-10-34(46-31)40(41,42)43/h6,8-10,14-15,19-20,22,32,35H,5,7,11-13,16-18,21H2,1-4H3/b8-6+/t22-,32+,35-,39+/m1/s1. The van der Waals surface area contributed by atoms with Gasteiger partial charge in [0.05, 0.1) is 23.7 Å². The highest BCUT2D eigenvalue weighted by Gasteiger charge is 2.66. The van der Waals surface area contributed by atoms with E-state index in [1.807, 2.05) is 24.3 Å². The molecule has 13 heteroatoms. The Balaban J connectivity index is 1.30. The maximum Gasteiger partial charge on any atom is 0.433 e. The summed E-state index contributed by atoms with van der Waals surface area (Å²) in [5.74, 6) is -0.196. The van der Waals surface area contributed by atoms with Crippen LogP contribution in [0.4, 0.5) is 13.2 Å². The Morgan fingerprint density at radius 2 is 1.79 bits per heavy atom. The number of piperidine rings is 1. The highest BCUT2D eigenvalue weighted by Crippen LogP contribution is 2.62. The van der Waals surface area contributed by atoms with Gasteiger partial charge in [-0.15, -0.1) is 0 Å². The van der Waals surface area contributed by atoms with E-state index in [4.69, 9.17) is 0 Å². The van der Waals surface area contributed by atoms with Crippen molar-refractivity contribution in [3.05, 3.63) is 76.8 Å². The highest BCUT2D eigenvalue weighted by atomic mass is 19.4. The topological polar surface area (TPSA) is 128 Å². The summed E-state index contributed by atoms with van der Waals surface area (Å²) in [5, 5.41) is 5.23. The lowest BCUT2D eigenvalue weighted by atomic mass is 9.88. The van der Waals surface area contributed by atoms with Gasteiger partial charge in [0.1, 0.15) is 29.5 Å². The van der Waals surface area contributed by atoms with Crippen molar-refractivity contribution < 1.29 is 32.3 Å². The van der Waals surface area contributed by atoms with E-state index in [0.29, 0.717) is 60.8 Å². The van der Waals surface area contributed by atoms with Gasteiger partial charge >= 0.3 is 6.18 Å². The first kappa shape index (κ1) is 36.3. The number of rotatable bonds is 5. The minimum atomic E-state index is -4.68. The summed E-state index contributed by atoms with van der Waals surface area (Å²) in [6, 6.07) is 4.77. The predicted molar refractivity (Wildman–Crippen MR) is 191 cm³/mol. The molecule has 0 unspecified atom stereocenters. The van der Waals surface area contributed by atoms with E-state index in [0.717, 1.165) is 29.2 Å². The third kappa shape index (κ3) is 7.17. The molecule has 1 aliphatic carbocycles. The number of benzene rings is 1. The van der Waals surface area contributed by atoms with Gasteiger partial charge in [-0.05, 0) is 86.6 Å². The molecule has 0 radical (unpaired) electrons. The minimum Gasteiger partial charge on any atom is -0.327 e. The molecule has 1 aromatic carbocycles. The average molecular weight is 727 g/mol. The van der Waals surface area contributed by atoms with Crippen molar-refractivity contribution in [2.45, 2.75) is 104 Å². The fourth-order valence-electron chi connectivity index (χ4n) is 8.16. The van der Waals surface area contributed by atoms with Gasteiger partial charge in [0, 0.05) is 54.7 Å². The number of aryl methyl sites for hydroxylation is 2. The number of nitrogens with zero attached hydrogens (tertiary/aromatic N) is 6.